The van der Waals surface area contributed by atoms with Crippen molar-refractivity contribution < 1.29 is 22.4 Å². The lowest BCUT2D eigenvalue weighted by atomic mass is 10.1. The van der Waals surface area contributed by atoms with E-state index in [1.54, 1.807) is 21.9 Å². The zero-order valence-electron chi connectivity index (χ0n) is 18.3. The van der Waals surface area contributed by atoms with Crippen LogP contribution in [0.2, 0.25) is 0 Å². The molecule has 0 aromatic carbocycles. The maximum absolute atomic E-state index is 13.3. The van der Waals surface area contributed by atoms with Gasteiger partial charge in [0.15, 0.2) is 5.76 Å². The number of alkyl halides is 3. The lowest BCUT2D eigenvalue weighted by molar-refractivity contribution is -0.142. The quantitative estimate of drug-likeness (QED) is 0.579. The van der Waals surface area contributed by atoms with Crippen molar-refractivity contribution >= 4 is 23.6 Å². The summed E-state index contributed by atoms with van der Waals surface area (Å²) in [6, 6.07) is 2.98. The number of carbonyl (C=O) groups excluding carboxylic acids is 1. The molecule has 2 aliphatic rings. The summed E-state index contributed by atoms with van der Waals surface area (Å²) in [5.41, 5.74) is 6.10. The number of anilines is 2. The molecule has 0 bridgehead atoms. The van der Waals surface area contributed by atoms with Crippen molar-refractivity contribution in [1.82, 2.24) is 34.4 Å². The highest BCUT2D eigenvalue weighted by Gasteiger charge is 2.37. The predicted molar refractivity (Wildman–Crippen MR) is 115 cm³/mol. The second-order valence-electron chi connectivity index (χ2n) is 8.39. The largest absolute Gasteiger partial charge is 0.461 e. The number of nitrogens with zero attached hydrogens (tertiary/aromatic N) is 8. The first-order valence-corrected chi connectivity index (χ1v) is 11.1. The lowest BCUT2D eigenvalue weighted by Gasteiger charge is -2.37. The normalized spacial score (nSPS) is 19.9. The van der Waals surface area contributed by atoms with Gasteiger partial charge in [-0.25, -0.2) is 0 Å². The van der Waals surface area contributed by atoms with Gasteiger partial charge in [0.1, 0.15) is 6.04 Å². The molecule has 14 heteroatoms. The monoisotopic (exact) mass is 479 g/mol. The van der Waals surface area contributed by atoms with E-state index in [-0.39, 0.29) is 24.2 Å². The minimum atomic E-state index is -4.18. The van der Waals surface area contributed by atoms with Crippen LogP contribution in [0.3, 0.4) is 0 Å². The van der Waals surface area contributed by atoms with Crippen molar-refractivity contribution in [3.8, 4) is 11.6 Å². The number of nitrogens with two attached hydrogens (primary N) is 1. The number of hydrogen-bond donors (Lipinski definition) is 1. The third-order valence-electron chi connectivity index (χ3n) is 6.15. The van der Waals surface area contributed by atoms with Crippen molar-refractivity contribution in [3.63, 3.8) is 0 Å². The molecular weight excluding hydrogens is 455 g/mol. The number of amides is 1. The van der Waals surface area contributed by atoms with E-state index in [0.29, 0.717) is 56.7 Å². The Hall–Kier alpha value is -3.42. The first-order valence-electron chi connectivity index (χ1n) is 11.1. The zero-order chi connectivity index (χ0) is 23.9. The van der Waals surface area contributed by atoms with Gasteiger partial charge in [-0.05, 0) is 25.0 Å². The van der Waals surface area contributed by atoms with Gasteiger partial charge >= 0.3 is 6.18 Å². The maximum Gasteiger partial charge on any atom is 0.390 e. The van der Waals surface area contributed by atoms with E-state index >= 15 is 0 Å². The van der Waals surface area contributed by atoms with E-state index in [1.807, 2.05) is 4.90 Å². The molecule has 0 aliphatic carbocycles. The highest BCUT2D eigenvalue weighted by Crippen LogP contribution is 2.26. The molecule has 2 saturated heterocycles. The number of rotatable bonds is 5. The van der Waals surface area contributed by atoms with Gasteiger partial charge < -0.3 is 20.0 Å². The highest BCUT2D eigenvalue weighted by molar-refractivity contribution is 5.85. The molecule has 0 radical (unpaired) electrons. The number of nitrogen functional groups attached to an aromatic ring is 1. The Kier molecular flexibility index (Phi) is 5.75. The van der Waals surface area contributed by atoms with Crippen LogP contribution in [0.25, 0.3) is 17.4 Å². The summed E-state index contributed by atoms with van der Waals surface area (Å²) in [6.45, 7) is 2.14. The fourth-order valence-electron chi connectivity index (χ4n) is 4.38. The van der Waals surface area contributed by atoms with Gasteiger partial charge in [-0.2, -0.15) is 32.6 Å². The number of aromatic nitrogens is 5. The standard InChI is InChI=1S/C20H24F3N9O2/c21-20(22,23)5-7-29-8-10-30(11-9-29)16(33)13-3-1-6-31(13)18-26-17(24)32-19(27-18)25-15(28-32)14-4-2-12-34-14/h2,4,12-13H,1,3,5-11H2,(H2,24,25,26,27,28)/t13-/m0/s1. The zero-order valence-corrected chi connectivity index (χ0v) is 18.3. The summed E-state index contributed by atoms with van der Waals surface area (Å²) in [5.74, 6) is 1.33. The minimum Gasteiger partial charge on any atom is -0.461 e. The van der Waals surface area contributed by atoms with Gasteiger partial charge in [0.2, 0.25) is 23.6 Å². The van der Waals surface area contributed by atoms with Crippen LogP contribution < -0.4 is 10.6 Å². The van der Waals surface area contributed by atoms with Gasteiger partial charge in [0, 0.05) is 39.3 Å². The summed E-state index contributed by atoms with van der Waals surface area (Å²) in [7, 11) is 0. The number of carbonyl (C=O) groups is 1. The van der Waals surface area contributed by atoms with Gasteiger partial charge in [-0.1, -0.05) is 0 Å². The van der Waals surface area contributed by atoms with Crippen LogP contribution >= 0.6 is 0 Å². The van der Waals surface area contributed by atoms with E-state index in [1.165, 1.54) is 10.8 Å². The molecule has 2 aliphatic heterocycles. The van der Waals surface area contributed by atoms with Gasteiger partial charge in [-0.3, -0.25) is 9.69 Å². The summed E-state index contributed by atoms with van der Waals surface area (Å²) in [4.78, 5) is 31.7. The molecule has 3 aromatic rings. The van der Waals surface area contributed by atoms with Gasteiger partial charge in [0.05, 0.1) is 12.7 Å². The second-order valence-corrected chi connectivity index (χ2v) is 8.39. The van der Waals surface area contributed by atoms with Crippen LogP contribution in [-0.4, -0.2) is 91.8 Å². The molecular formula is C20H24F3N9O2. The van der Waals surface area contributed by atoms with Crippen LogP contribution in [0.1, 0.15) is 19.3 Å². The van der Waals surface area contributed by atoms with E-state index in [0.717, 1.165) is 6.42 Å². The van der Waals surface area contributed by atoms with Crippen molar-refractivity contribution in [2.75, 3.05) is 49.9 Å². The van der Waals surface area contributed by atoms with Crippen LogP contribution in [0, 0.1) is 0 Å². The fraction of sp³-hybridized carbons (Fsp3) is 0.550. The molecule has 0 spiro atoms. The van der Waals surface area contributed by atoms with Crippen molar-refractivity contribution in [2.45, 2.75) is 31.5 Å². The Morgan fingerprint density at radius 3 is 2.65 bits per heavy atom. The Balaban J connectivity index is 1.29. The van der Waals surface area contributed by atoms with Crippen molar-refractivity contribution in [1.29, 1.82) is 0 Å². The van der Waals surface area contributed by atoms with E-state index in [9.17, 15) is 18.0 Å². The summed E-state index contributed by atoms with van der Waals surface area (Å²) >= 11 is 0. The molecule has 1 atom stereocenters. The Morgan fingerprint density at radius 2 is 1.94 bits per heavy atom. The van der Waals surface area contributed by atoms with E-state index in [2.05, 4.69) is 20.1 Å². The minimum absolute atomic E-state index is 0.0490. The average Bonchev–Trinajstić information content (AvgIpc) is 3.57. The Morgan fingerprint density at radius 1 is 1.15 bits per heavy atom. The van der Waals surface area contributed by atoms with E-state index < -0.39 is 18.6 Å². The first-order chi connectivity index (χ1) is 16.3. The number of piperazine rings is 1. The van der Waals surface area contributed by atoms with E-state index in [4.69, 9.17) is 10.2 Å². The van der Waals surface area contributed by atoms with Crippen molar-refractivity contribution in [3.05, 3.63) is 18.4 Å². The topological polar surface area (TPSA) is 122 Å². The molecule has 0 saturated carbocycles. The fourth-order valence-corrected chi connectivity index (χ4v) is 4.38. The van der Waals surface area contributed by atoms with Crippen LogP contribution in [0.4, 0.5) is 25.1 Å². The maximum atomic E-state index is 13.3. The average molecular weight is 479 g/mol. The highest BCUT2D eigenvalue weighted by atomic mass is 19.4. The first kappa shape index (κ1) is 22.4. The molecule has 5 rings (SSSR count). The Labute approximate surface area is 192 Å². The summed E-state index contributed by atoms with van der Waals surface area (Å²) in [6.07, 6.45) is -2.10. The lowest BCUT2D eigenvalue weighted by Crippen LogP contribution is -2.54. The molecule has 182 valence electrons. The van der Waals surface area contributed by atoms with Crippen LogP contribution in [0.15, 0.2) is 22.8 Å². The Bertz CT molecular complexity index is 1160. The SMILES string of the molecule is Nc1nc(N2CCC[C@H]2C(=O)N2CCN(CCC(F)(F)F)CC2)nc2nc(-c3ccco3)nn12. The number of hydrogen-bond acceptors (Lipinski definition) is 9. The molecule has 3 aromatic heterocycles. The number of halogens is 3. The summed E-state index contributed by atoms with van der Waals surface area (Å²) < 4.78 is 44.1. The molecule has 34 heavy (non-hydrogen) atoms. The number of furan rings is 1. The third-order valence-corrected chi connectivity index (χ3v) is 6.15. The molecule has 2 fully saturated rings. The molecule has 0 unspecified atom stereocenters. The number of fused-ring (bicyclic) bond motifs is 1. The molecule has 5 heterocycles. The molecule has 11 nitrogen and oxygen atoms in total. The third kappa shape index (κ3) is 4.49. The van der Waals surface area contributed by atoms with Gasteiger partial charge in [0.25, 0.3) is 5.78 Å². The molecule has 1 amide bonds. The van der Waals surface area contributed by atoms with Gasteiger partial charge in [-0.15, -0.1) is 5.10 Å². The van der Waals surface area contributed by atoms with Crippen molar-refractivity contribution in [2.24, 2.45) is 0 Å². The predicted octanol–water partition coefficient (Wildman–Crippen LogP) is 1.43. The smallest absolute Gasteiger partial charge is 0.390 e. The molecule has 2 N–H and O–H groups in total. The van der Waals surface area contributed by atoms with Crippen LogP contribution in [-0.2, 0) is 4.79 Å². The van der Waals surface area contributed by atoms with Crippen LogP contribution in [0.5, 0.6) is 0 Å². The second kappa shape index (κ2) is 8.74. The summed E-state index contributed by atoms with van der Waals surface area (Å²) in [5, 5.41) is 4.28.